The molecule has 0 aliphatic rings. The third kappa shape index (κ3) is 8.94. The lowest BCUT2D eigenvalue weighted by atomic mass is 10.3. The fourth-order valence-electron chi connectivity index (χ4n) is 1.12. The van der Waals surface area contributed by atoms with Gasteiger partial charge in [0.05, 0.1) is 25.9 Å². The molecule has 0 aliphatic heterocycles. The zero-order valence-corrected chi connectivity index (χ0v) is 11.4. The maximum absolute atomic E-state index is 11.4. The van der Waals surface area contributed by atoms with Crippen LogP contribution in [0.3, 0.4) is 0 Å². The van der Waals surface area contributed by atoms with E-state index in [1.807, 2.05) is 0 Å². The number of esters is 2. The van der Waals surface area contributed by atoms with Gasteiger partial charge in [0.2, 0.25) is 10.0 Å². The lowest BCUT2D eigenvalue weighted by Gasteiger charge is -2.06. The average molecular weight is 281 g/mol. The van der Waals surface area contributed by atoms with E-state index in [0.717, 1.165) is 0 Å². The molecule has 0 radical (unpaired) electrons. The zero-order valence-electron chi connectivity index (χ0n) is 10.6. The van der Waals surface area contributed by atoms with Crippen LogP contribution in [0.25, 0.3) is 0 Å². The first-order valence-electron chi connectivity index (χ1n) is 5.61. The van der Waals surface area contributed by atoms with Gasteiger partial charge in [0, 0.05) is 13.0 Å². The number of ether oxygens (including phenoxy) is 2. The minimum absolute atomic E-state index is 0.000604. The van der Waals surface area contributed by atoms with Gasteiger partial charge in [-0.05, 0) is 13.3 Å². The van der Waals surface area contributed by atoms with E-state index >= 15 is 0 Å². The largest absolute Gasteiger partial charge is 0.469 e. The highest BCUT2D eigenvalue weighted by molar-refractivity contribution is 7.89. The molecular weight excluding hydrogens is 262 g/mol. The van der Waals surface area contributed by atoms with Crippen LogP contribution in [0.1, 0.15) is 26.2 Å². The first-order chi connectivity index (χ1) is 8.41. The van der Waals surface area contributed by atoms with E-state index < -0.39 is 22.0 Å². The van der Waals surface area contributed by atoms with Crippen molar-refractivity contribution in [3.63, 3.8) is 0 Å². The van der Waals surface area contributed by atoms with Gasteiger partial charge in [-0.2, -0.15) is 0 Å². The molecule has 0 atom stereocenters. The molecule has 7 nitrogen and oxygen atoms in total. The van der Waals surface area contributed by atoms with Crippen LogP contribution in [0.15, 0.2) is 0 Å². The van der Waals surface area contributed by atoms with Gasteiger partial charge in [0.25, 0.3) is 0 Å². The van der Waals surface area contributed by atoms with Crippen LogP contribution in [0.5, 0.6) is 0 Å². The van der Waals surface area contributed by atoms with Crippen molar-refractivity contribution in [1.29, 1.82) is 0 Å². The van der Waals surface area contributed by atoms with Crippen LogP contribution in [0, 0.1) is 0 Å². The van der Waals surface area contributed by atoms with Gasteiger partial charge >= 0.3 is 11.9 Å². The van der Waals surface area contributed by atoms with E-state index in [2.05, 4.69) is 14.2 Å². The average Bonchev–Trinajstić information content (AvgIpc) is 2.28. The first-order valence-corrected chi connectivity index (χ1v) is 7.26. The molecule has 106 valence electrons. The smallest absolute Gasteiger partial charge is 0.307 e. The molecule has 0 amide bonds. The number of carbonyl (C=O) groups is 2. The number of sulfonamides is 1. The Kier molecular flexibility index (Phi) is 8.30. The Balaban J connectivity index is 3.80. The number of methoxy groups -OCH3 is 1. The predicted molar refractivity (Wildman–Crippen MR) is 64.3 cm³/mol. The lowest BCUT2D eigenvalue weighted by Crippen LogP contribution is -2.29. The Morgan fingerprint density at radius 2 is 1.83 bits per heavy atom. The van der Waals surface area contributed by atoms with Gasteiger partial charge in [0.1, 0.15) is 0 Å². The third-order valence-corrected chi connectivity index (χ3v) is 3.45. The summed E-state index contributed by atoms with van der Waals surface area (Å²) >= 11 is 0. The van der Waals surface area contributed by atoms with Crippen molar-refractivity contribution in [1.82, 2.24) is 4.72 Å². The van der Waals surface area contributed by atoms with E-state index in [1.54, 1.807) is 6.92 Å². The van der Waals surface area contributed by atoms with E-state index in [-0.39, 0.29) is 38.2 Å². The van der Waals surface area contributed by atoms with Crippen molar-refractivity contribution in [2.24, 2.45) is 0 Å². The normalized spacial score (nSPS) is 11.0. The van der Waals surface area contributed by atoms with Gasteiger partial charge < -0.3 is 9.47 Å². The summed E-state index contributed by atoms with van der Waals surface area (Å²) in [4.78, 5) is 21.7. The molecule has 0 aromatic heterocycles. The second-order valence-electron chi connectivity index (χ2n) is 3.45. The van der Waals surface area contributed by atoms with Crippen molar-refractivity contribution in [3.05, 3.63) is 0 Å². The highest BCUT2D eigenvalue weighted by Crippen LogP contribution is 1.97. The van der Waals surface area contributed by atoms with Crippen LogP contribution < -0.4 is 4.72 Å². The second-order valence-corrected chi connectivity index (χ2v) is 5.37. The SMILES string of the molecule is CCOC(=O)CCNS(=O)(=O)CCCC(=O)OC. The van der Waals surface area contributed by atoms with E-state index in [0.29, 0.717) is 0 Å². The van der Waals surface area contributed by atoms with Crippen molar-refractivity contribution in [3.8, 4) is 0 Å². The number of carbonyl (C=O) groups excluding carboxylic acids is 2. The molecule has 0 spiro atoms. The highest BCUT2D eigenvalue weighted by atomic mass is 32.2. The molecule has 18 heavy (non-hydrogen) atoms. The number of rotatable bonds is 9. The van der Waals surface area contributed by atoms with Gasteiger partial charge in [-0.25, -0.2) is 13.1 Å². The van der Waals surface area contributed by atoms with Crippen LogP contribution in [0.4, 0.5) is 0 Å². The maximum atomic E-state index is 11.4. The summed E-state index contributed by atoms with van der Waals surface area (Å²) in [6, 6.07) is 0. The molecule has 0 saturated carbocycles. The molecular formula is C10H19NO6S. The molecule has 8 heteroatoms. The van der Waals surface area contributed by atoms with Crippen LogP contribution >= 0.6 is 0 Å². The molecule has 0 fully saturated rings. The van der Waals surface area contributed by atoms with Crippen molar-refractivity contribution in [2.45, 2.75) is 26.2 Å². The van der Waals surface area contributed by atoms with Crippen LogP contribution in [-0.2, 0) is 29.1 Å². The second kappa shape index (κ2) is 8.87. The minimum atomic E-state index is -3.46. The van der Waals surface area contributed by atoms with Crippen molar-refractivity contribution < 1.29 is 27.5 Å². The monoisotopic (exact) mass is 281 g/mol. The fraction of sp³-hybridized carbons (Fsp3) is 0.800. The molecule has 1 N–H and O–H groups in total. The predicted octanol–water partition coefficient (Wildman–Crippen LogP) is -0.188. The number of hydrogen-bond acceptors (Lipinski definition) is 6. The minimum Gasteiger partial charge on any atom is -0.469 e. The summed E-state index contributed by atoms with van der Waals surface area (Å²) in [6.45, 7) is 1.94. The molecule has 0 bridgehead atoms. The highest BCUT2D eigenvalue weighted by Gasteiger charge is 2.12. The summed E-state index contributed by atoms with van der Waals surface area (Å²) in [7, 11) is -2.22. The summed E-state index contributed by atoms with van der Waals surface area (Å²) in [5.41, 5.74) is 0. The Bertz CT molecular complexity index is 365. The van der Waals surface area contributed by atoms with Crippen molar-refractivity contribution >= 4 is 22.0 Å². The zero-order chi connectivity index (χ0) is 14.0. The summed E-state index contributed by atoms with van der Waals surface area (Å²) < 4.78 is 34.1. The summed E-state index contributed by atoms with van der Waals surface area (Å²) in [5.74, 6) is -1.07. The molecule has 0 rings (SSSR count). The van der Waals surface area contributed by atoms with Gasteiger partial charge in [-0.1, -0.05) is 0 Å². The van der Waals surface area contributed by atoms with Crippen LogP contribution in [-0.4, -0.2) is 46.4 Å². The number of nitrogens with one attached hydrogen (secondary N) is 1. The Hall–Kier alpha value is -1.15. The molecule has 0 saturated heterocycles. The number of hydrogen-bond donors (Lipinski definition) is 1. The first kappa shape index (κ1) is 16.9. The van der Waals surface area contributed by atoms with Crippen molar-refractivity contribution in [2.75, 3.05) is 26.0 Å². The Labute approximate surface area is 107 Å². The van der Waals surface area contributed by atoms with E-state index in [4.69, 9.17) is 0 Å². The third-order valence-electron chi connectivity index (χ3n) is 1.98. The fourth-order valence-corrected chi connectivity index (χ4v) is 2.20. The summed E-state index contributed by atoms with van der Waals surface area (Å²) in [5, 5.41) is 0. The standard InChI is InChI=1S/C10H19NO6S/c1-3-17-10(13)6-7-11-18(14,15)8-4-5-9(12)16-2/h11H,3-8H2,1-2H3. The molecule has 0 aliphatic carbocycles. The molecule has 0 unspecified atom stereocenters. The Morgan fingerprint density at radius 3 is 2.39 bits per heavy atom. The summed E-state index contributed by atoms with van der Waals surface area (Å²) in [6.07, 6.45) is 0.223. The quantitative estimate of drug-likeness (QED) is 0.588. The van der Waals surface area contributed by atoms with E-state index in [9.17, 15) is 18.0 Å². The molecule has 0 heterocycles. The molecule has 0 aromatic carbocycles. The van der Waals surface area contributed by atoms with Gasteiger partial charge in [-0.3, -0.25) is 9.59 Å². The Morgan fingerprint density at radius 1 is 1.17 bits per heavy atom. The lowest BCUT2D eigenvalue weighted by molar-refractivity contribution is -0.143. The van der Waals surface area contributed by atoms with Crippen LogP contribution in [0.2, 0.25) is 0 Å². The topological polar surface area (TPSA) is 98.8 Å². The molecule has 0 aromatic rings. The van der Waals surface area contributed by atoms with Gasteiger partial charge in [-0.15, -0.1) is 0 Å². The van der Waals surface area contributed by atoms with E-state index in [1.165, 1.54) is 7.11 Å². The maximum Gasteiger partial charge on any atom is 0.307 e. The van der Waals surface area contributed by atoms with Gasteiger partial charge in [0.15, 0.2) is 0 Å².